The summed E-state index contributed by atoms with van der Waals surface area (Å²) < 4.78 is 10.9. The van der Waals surface area contributed by atoms with Gasteiger partial charge in [0.25, 0.3) is 5.91 Å². The zero-order chi connectivity index (χ0) is 17.5. The Morgan fingerprint density at radius 3 is 2.28 bits per heavy atom. The highest BCUT2D eigenvalue weighted by atomic mass is 16.5. The first-order valence-corrected chi connectivity index (χ1v) is 7.97. The van der Waals surface area contributed by atoms with E-state index in [0.717, 1.165) is 11.3 Å². The highest BCUT2D eigenvalue weighted by Gasteiger charge is 2.09. The van der Waals surface area contributed by atoms with Crippen LogP contribution in [0.25, 0.3) is 0 Å². The van der Waals surface area contributed by atoms with E-state index >= 15 is 0 Å². The van der Waals surface area contributed by atoms with Gasteiger partial charge in [-0.3, -0.25) is 4.79 Å². The molecule has 0 radical (unpaired) electrons. The van der Waals surface area contributed by atoms with Crippen LogP contribution in [0.5, 0.6) is 11.5 Å². The molecule has 4 heteroatoms. The van der Waals surface area contributed by atoms with Crippen LogP contribution in [0.1, 0.15) is 15.9 Å². The number of methoxy groups -OCH3 is 1. The summed E-state index contributed by atoms with van der Waals surface area (Å²) in [6.07, 6.45) is 0. The number of para-hydroxylation sites is 3. The van der Waals surface area contributed by atoms with Crippen molar-refractivity contribution in [2.24, 2.45) is 0 Å². The van der Waals surface area contributed by atoms with E-state index in [1.165, 1.54) is 0 Å². The Labute approximate surface area is 147 Å². The summed E-state index contributed by atoms with van der Waals surface area (Å²) in [7, 11) is 1.58. The summed E-state index contributed by atoms with van der Waals surface area (Å²) in [4.78, 5) is 12.4. The molecule has 0 saturated heterocycles. The average molecular weight is 333 g/mol. The monoisotopic (exact) mass is 333 g/mol. The number of carbonyl (C=O) groups is 1. The molecule has 0 bridgehead atoms. The molecule has 1 N–H and O–H groups in total. The lowest BCUT2D eigenvalue weighted by Gasteiger charge is -2.10. The molecule has 0 saturated carbocycles. The number of benzene rings is 3. The standard InChI is InChI=1S/C21H19NO3/c1-24-20-10-6-5-9-19(20)22-21(23)17-13-11-16(12-14-17)15-25-18-7-3-2-4-8-18/h2-14H,15H2,1H3,(H,22,23). The van der Waals surface area contributed by atoms with Crippen LogP contribution in [0, 0.1) is 0 Å². The van der Waals surface area contributed by atoms with Gasteiger partial charge >= 0.3 is 0 Å². The van der Waals surface area contributed by atoms with Gasteiger partial charge in [0.1, 0.15) is 18.1 Å². The Kier molecular flexibility index (Phi) is 5.32. The molecule has 0 fully saturated rings. The molecule has 1 amide bonds. The third-order valence-corrected chi connectivity index (χ3v) is 3.72. The molecule has 0 spiro atoms. The second kappa shape index (κ2) is 8.02. The van der Waals surface area contributed by atoms with Gasteiger partial charge in [-0.05, 0) is 42.0 Å². The van der Waals surface area contributed by atoms with Crippen molar-refractivity contribution in [3.63, 3.8) is 0 Å². The van der Waals surface area contributed by atoms with E-state index in [4.69, 9.17) is 9.47 Å². The summed E-state index contributed by atoms with van der Waals surface area (Å²) in [6.45, 7) is 0.457. The summed E-state index contributed by atoms with van der Waals surface area (Å²) in [5.74, 6) is 1.27. The topological polar surface area (TPSA) is 47.6 Å². The first kappa shape index (κ1) is 16.6. The lowest BCUT2D eigenvalue weighted by Crippen LogP contribution is -2.12. The van der Waals surface area contributed by atoms with Crippen molar-refractivity contribution in [2.45, 2.75) is 6.61 Å². The van der Waals surface area contributed by atoms with Crippen LogP contribution in [-0.4, -0.2) is 13.0 Å². The number of rotatable bonds is 6. The third kappa shape index (κ3) is 4.38. The Morgan fingerprint density at radius 1 is 0.880 bits per heavy atom. The number of carbonyl (C=O) groups excluding carboxylic acids is 1. The number of amides is 1. The molecule has 0 aliphatic heterocycles. The minimum Gasteiger partial charge on any atom is -0.495 e. The van der Waals surface area contributed by atoms with Gasteiger partial charge in [-0.1, -0.05) is 42.5 Å². The maximum Gasteiger partial charge on any atom is 0.255 e. The second-order valence-corrected chi connectivity index (χ2v) is 5.45. The minimum atomic E-state index is -0.181. The summed E-state index contributed by atoms with van der Waals surface area (Å²) in [5.41, 5.74) is 2.22. The molecule has 3 aromatic rings. The van der Waals surface area contributed by atoms with E-state index in [0.29, 0.717) is 23.6 Å². The van der Waals surface area contributed by atoms with Crippen LogP contribution < -0.4 is 14.8 Å². The average Bonchev–Trinajstić information content (AvgIpc) is 2.68. The largest absolute Gasteiger partial charge is 0.495 e. The Bertz CT molecular complexity index is 829. The van der Waals surface area contributed by atoms with Crippen LogP contribution in [0.3, 0.4) is 0 Å². The fourth-order valence-electron chi connectivity index (χ4n) is 2.38. The maximum absolute atomic E-state index is 12.4. The van der Waals surface area contributed by atoms with Crippen molar-refractivity contribution < 1.29 is 14.3 Å². The molecule has 4 nitrogen and oxygen atoms in total. The van der Waals surface area contributed by atoms with Gasteiger partial charge in [0.05, 0.1) is 12.8 Å². The molecule has 0 aliphatic rings. The molecule has 0 heterocycles. The molecule has 0 unspecified atom stereocenters. The highest BCUT2D eigenvalue weighted by molar-refractivity contribution is 6.05. The molecule has 126 valence electrons. The van der Waals surface area contributed by atoms with Crippen molar-refractivity contribution in [3.8, 4) is 11.5 Å². The Balaban J connectivity index is 1.62. The molecule has 25 heavy (non-hydrogen) atoms. The number of anilines is 1. The number of nitrogens with one attached hydrogen (secondary N) is 1. The fourth-order valence-corrected chi connectivity index (χ4v) is 2.38. The molecular formula is C21H19NO3. The smallest absolute Gasteiger partial charge is 0.255 e. The van der Waals surface area contributed by atoms with Gasteiger partial charge in [-0.25, -0.2) is 0 Å². The zero-order valence-corrected chi connectivity index (χ0v) is 13.9. The Hall–Kier alpha value is -3.27. The van der Waals surface area contributed by atoms with Crippen molar-refractivity contribution in [1.82, 2.24) is 0 Å². The predicted octanol–water partition coefficient (Wildman–Crippen LogP) is 4.53. The quantitative estimate of drug-likeness (QED) is 0.721. The SMILES string of the molecule is COc1ccccc1NC(=O)c1ccc(COc2ccccc2)cc1. The molecule has 0 aliphatic carbocycles. The van der Waals surface area contributed by atoms with Gasteiger partial charge in [-0.15, -0.1) is 0 Å². The van der Waals surface area contributed by atoms with Gasteiger partial charge in [0, 0.05) is 5.56 Å². The number of hydrogen-bond donors (Lipinski definition) is 1. The van der Waals surface area contributed by atoms with Crippen LogP contribution >= 0.6 is 0 Å². The van der Waals surface area contributed by atoms with E-state index in [1.807, 2.05) is 54.6 Å². The number of ether oxygens (including phenoxy) is 2. The van der Waals surface area contributed by atoms with Crippen LogP contribution in [-0.2, 0) is 6.61 Å². The second-order valence-electron chi connectivity index (χ2n) is 5.45. The van der Waals surface area contributed by atoms with Crippen molar-refractivity contribution >= 4 is 11.6 Å². The summed E-state index contributed by atoms with van der Waals surface area (Å²) in [6, 6.07) is 24.3. The third-order valence-electron chi connectivity index (χ3n) is 3.72. The normalized spacial score (nSPS) is 10.1. The van der Waals surface area contributed by atoms with Gasteiger partial charge in [0.15, 0.2) is 0 Å². The van der Waals surface area contributed by atoms with Crippen molar-refractivity contribution in [1.29, 1.82) is 0 Å². The van der Waals surface area contributed by atoms with E-state index in [9.17, 15) is 4.79 Å². The van der Waals surface area contributed by atoms with E-state index in [1.54, 1.807) is 31.4 Å². The van der Waals surface area contributed by atoms with Crippen molar-refractivity contribution in [3.05, 3.63) is 90.0 Å². The van der Waals surface area contributed by atoms with Gasteiger partial charge in [-0.2, -0.15) is 0 Å². The van der Waals surface area contributed by atoms with Crippen LogP contribution in [0.4, 0.5) is 5.69 Å². The molecule has 3 rings (SSSR count). The first-order valence-electron chi connectivity index (χ1n) is 7.97. The number of hydrogen-bond acceptors (Lipinski definition) is 3. The van der Waals surface area contributed by atoms with Crippen LogP contribution in [0.15, 0.2) is 78.9 Å². The fraction of sp³-hybridized carbons (Fsp3) is 0.0952. The predicted molar refractivity (Wildman–Crippen MR) is 98.2 cm³/mol. The summed E-state index contributed by atoms with van der Waals surface area (Å²) >= 11 is 0. The molecule has 0 aromatic heterocycles. The molecule has 0 atom stereocenters. The van der Waals surface area contributed by atoms with E-state index in [-0.39, 0.29) is 5.91 Å². The van der Waals surface area contributed by atoms with Gasteiger partial charge < -0.3 is 14.8 Å². The van der Waals surface area contributed by atoms with Gasteiger partial charge in [0.2, 0.25) is 0 Å². The lowest BCUT2D eigenvalue weighted by atomic mass is 10.1. The zero-order valence-electron chi connectivity index (χ0n) is 13.9. The maximum atomic E-state index is 12.4. The van der Waals surface area contributed by atoms with Crippen LogP contribution in [0.2, 0.25) is 0 Å². The minimum absolute atomic E-state index is 0.181. The van der Waals surface area contributed by atoms with E-state index in [2.05, 4.69) is 5.32 Å². The molecule has 3 aromatic carbocycles. The van der Waals surface area contributed by atoms with E-state index < -0.39 is 0 Å². The highest BCUT2D eigenvalue weighted by Crippen LogP contribution is 2.23. The summed E-state index contributed by atoms with van der Waals surface area (Å²) in [5, 5.41) is 2.86. The van der Waals surface area contributed by atoms with Crippen molar-refractivity contribution in [2.75, 3.05) is 12.4 Å². The Morgan fingerprint density at radius 2 is 1.56 bits per heavy atom. The lowest BCUT2D eigenvalue weighted by molar-refractivity contribution is 0.102. The molecular weight excluding hydrogens is 314 g/mol. The first-order chi connectivity index (χ1) is 12.3.